The van der Waals surface area contributed by atoms with Gasteiger partial charge in [0.25, 0.3) is 0 Å². The Kier molecular flexibility index (Phi) is 8.01. The second kappa shape index (κ2) is 9.53. The molecular weight excluding hydrogens is 313 g/mol. The molecule has 1 rings (SSSR count). The van der Waals surface area contributed by atoms with Crippen molar-refractivity contribution in [2.45, 2.75) is 26.7 Å². The first-order valence-corrected chi connectivity index (χ1v) is 7.46. The van der Waals surface area contributed by atoms with Crippen molar-refractivity contribution in [1.29, 1.82) is 0 Å². The summed E-state index contributed by atoms with van der Waals surface area (Å²) in [6.07, 6.45) is 4.50. The number of benzene rings is 1. The summed E-state index contributed by atoms with van der Waals surface area (Å²) in [6, 6.07) is 3.86. The summed E-state index contributed by atoms with van der Waals surface area (Å²) in [5, 5.41) is 11.4. The van der Waals surface area contributed by atoms with Crippen molar-refractivity contribution >= 4 is 29.4 Å². The van der Waals surface area contributed by atoms with Gasteiger partial charge in [-0.15, -0.1) is 0 Å². The quantitative estimate of drug-likeness (QED) is 0.437. The molecule has 0 bridgehead atoms. The van der Waals surface area contributed by atoms with Crippen molar-refractivity contribution in [2.75, 3.05) is 13.2 Å². The number of aryl methyl sites for hydroxylation is 2. The van der Waals surface area contributed by atoms with Gasteiger partial charge in [0.05, 0.1) is 6.21 Å². The molecule has 1 aromatic rings. The SMILES string of the molecule is CCc1cc(OCC=C(Cl)Cl)cc(CC)c1OCC=NO. The molecule has 0 aliphatic heterocycles. The first-order valence-electron chi connectivity index (χ1n) is 6.70. The molecule has 0 unspecified atom stereocenters. The van der Waals surface area contributed by atoms with E-state index in [0.717, 1.165) is 35.5 Å². The molecular formula is C15H19Cl2NO3. The fraction of sp³-hybridized carbons (Fsp3) is 0.400. The van der Waals surface area contributed by atoms with Crippen molar-refractivity contribution in [3.8, 4) is 11.5 Å². The maximum absolute atomic E-state index is 8.43. The zero-order chi connectivity index (χ0) is 15.7. The van der Waals surface area contributed by atoms with Gasteiger partial charge in [-0.25, -0.2) is 0 Å². The number of halogens is 2. The second-order valence-corrected chi connectivity index (χ2v) is 5.20. The number of rotatable bonds is 8. The van der Waals surface area contributed by atoms with Crippen LogP contribution in [0.25, 0.3) is 0 Å². The Bertz CT molecular complexity index is 487. The Labute approximate surface area is 135 Å². The number of ether oxygens (including phenoxy) is 2. The molecule has 0 saturated carbocycles. The van der Waals surface area contributed by atoms with Gasteiger partial charge in [-0.2, -0.15) is 0 Å². The van der Waals surface area contributed by atoms with Crippen LogP contribution < -0.4 is 9.47 Å². The third-order valence-electron chi connectivity index (χ3n) is 2.85. The van der Waals surface area contributed by atoms with Gasteiger partial charge < -0.3 is 14.7 Å². The number of oxime groups is 1. The molecule has 0 aliphatic rings. The van der Waals surface area contributed by atoms with E-state index in [1.807, 2.05) is 26.0 Å². The maximum Gasteiger partial charge on any atom is 0.127 e. The van der Waals surface area contributed by atoms with Crippen LogP contribution >= 0.6 is 23.2 Å². The normalized spacial score (nSPS) is 10.7. The zero-order valence-electron chi connectivity index (χ0n) is 12.1. The van der Waals surface area contributed by atoms with E-state index in [0.29, 0.717) is 6.61 Å². The van der Waals surface area contributed by atoms with Crippen LogP contribution in [-0.2, 0) is 12.8 Å². The minimum Gasteiger partial charge on any atom is -0.489 e. The van der Waals surface area contributed by atoms with Crippen molar-refractivity contribution < 1.29 is 14.7 Å². The fourth-order valence-electron chi connectivity index (χ4n) is 1.87. The topological polar surface area (TPSA) is 51.0 Å². The van der Waals surface area contributed by atoms with Crippen LogP contribution in [-0.4, -0.2) is 24.6 Å². The van der Waals surface area contributed by atoms with Crippen molar-refractivity contribution in [3.63, 3.8) is 0 Å². The number of hydrogen-bond acceptors (Lipinski definition) is 4. The minimum absolute atomic E-state index is 0.185. The summed E-state index contributed by atoms with van der Waals surface area (Å²) in [7, 11) is 0. The average molecular weight is 332 g/mol. The van der Waals surface area contributed by atoms with Gasteiger partial charge in [0.1, 0.15) is 29.2 Å². The highest BCUT2D eigenvalue weighted by Crippen LogP contribution is 2.30. The summed E-state index contributed by atoms with van der Waals surface area (Å²) in [5.41, 5.74) is 2.08. The van der Waals surface area contributed by atoms with E-state index in [4.69, 9.17) is 37.9 Å². The Balaban J connectivity index is 2.96. The van der Waals surface area contributed by atoms with Crippen molar-refractivity contribution in [2.24, 2.45) is 5.16 Å². The van der Waals surface area contributed by atoms with E-state index in [2.05, 4.69) is 5.16 Å². The molecule has 0 spiro atoms. The summed E-state index contributed by atoms with van der Waals surface area (Å²) >= 11 is 11.1. The summed E-state index contributed by atoms with van der Waals surface area (Å²) in [4.78, 5) is 0. The Hall–Kier alpha value is -1.39. The molecule has 21 heavy (non-hydrogen) atoms. The molecule has 0 amide bonds. The van der Waals surface area contributed by atoms with E-state index in [9.17, 15) is 0 Å². The fourth-order valence-corrected chi connectivity index (χ4v) is 2.00. The van der Waals surface area contributed by atoms with E-state index >= 15 is 0 Å². The molecule has 1 aromatic carbocycles. The van der Waals surface area contributed by atoms with Gasteiger partial charge >= 0.3 is 0 Å². The van der Waals surface area contributed by atoms with Gasteiger partial charge in [0.2, 0.25) is 0 Å². The van der Waals surface area contributed by atoms with Crippen LogP contribution in [0.4, 0.5) is 0 Å². The molecule has 6 heteroatoms. The van der Waals surface area contributed by atoms with Gasteiger partial charge in [0, 0.05) is 0 Å². The molecule has 0 radical (unpaired) electrons. The highest BCUT2D eigenvalue weighted by molar-refractivity contribution is 6.55. The monoisotopic (exact) mass is 331 g/mol. The lowest BCUT2D eigenvalue weighted by Gasteiger charge is -2.15. The molecule has 116 valence electrons. The number of hydrogen-bond donors (Lipinski definition) is 1. The zero-order valence-corrected chi connectivity index (χ0v) is 13.6. The molecule has 0 saturated heterocycles. The lowest BCUT2D eigenvalue weighted by Crippen LogP contribution is -2.05. The van der Waals surface area contributed by atoms with E-state index in [-0.39, 0.29) is 11.1 Å². The van der Waals surface area contributed by atoms with Crippen LogP contribution in [0.2, 0.25) is 0 Å². The predicted octanol–water partition coefficient (Wildman–Crippen LogP) is 4.35. The second-order valence-electron chi connectivity index (χ2n) is 4.19. The van der Waals surface area contributed by atoms with E-state index in [1.165, 1.54) is 6.21 Å². The number of nitrogens with zero attached hydrogens (tertiary/aromatic N) is 1. The molecule has 1 N–H and O–H groups in total. The first-order chi connectivity index (χ1) is 10.1. The van der Waals surface area contributed by atoms with E-state index in [1.54, 1.807) is 6.08 Å². The Morgan fingerprint density at radius 3 is 2.24 bits per heavy atom. The van der Waals surface area contributed by atoms with Crippen LogP contribution in [0, 0.1) is 0 Å². The van der Waals surface area contributed by atoms with Crippen LogP contribution in [0.5, 0.6) is 11.5 Å². The van der Waals surface area contributed by atoms with Gasteiger partial charge in [-0.05, 0) is 42.2 Å². The lowest BCUT2D eigenvalue weighted by atomic mass is 10.0. The van der Waals surface area contributed by atoms with Crippen molar-refractivity contribution in [3.05, 3.63) is 33.8 Å². The molecule has 4 nitrogen and oxygen atoms in total. The third kappa shape index (κ3) is 5.86. The Morgan fingerprint density at radius 1 is 1.14 bits per heavy atom. The average Bonchev–Trinajstić information content (AvgIpc) is 2.47. The Morgan fingerprint density at radius 2 is 1.76 bits per heavy atom. The van der Waals surface area contributed by atoms with Gasteiger partial charge in [-0.1, -0.05) is 42.2 Å². The molecule has 0 heterocycles. The molecule has 0 aliphatic carbocycles. The van der Waals surface area contributed by atoms with Crippen LogP contribution in [0.15, 0.2) is 27.9 Å². The highest BCUT2D eigenvalue weighted by Gasteiger charge is 2.11. The largest absolute Gasteiger partial charge is 0.489 e. The van der Waals surface area contributed by atoms with Gasteiger partial charge in [-0.3, -0.25) is 0 Å². The highest BCUT2D eigenvalue weighted by atomic mass is 35.5. The van der Waals surface area contributed by atoms with Crippen LogP contribution in [0.3, 0.4) is 0 Å². The molecule has 0 fully saturated rings. The van der Waals surface area contributed by atoms with E-state index < -0.39 is 0 Å². The van der Waals surface area contributed by atoms with Crippen molar-refractivity contribution in [1.82, 2.24) is 0 Å². The minimum atomic E-state index is 0.185. The predicted molar refractivity (Wildman–Crippen MR) is 86.3 cm³/mol. The summed E-state index contributed by atoms with van der Waals surface area (Å²) in [6.45, 7) is 4.62. The van der Waals surface area contributed by atoms with Crippen LogP contribution in [0.1, 0.15) is 25.0 Å². The maximum atomic E-state index is 8.43. The first kappa shape index (κ1) is 17.7. The lowest BCUT2D eigenvalue weighted by molar-refractivity contribution is 0.310. The summed E-state index contributed by atoms with van der Waals surface area (Å²) < 4.78 is 11.5. The smallest absolute Gasteiger partial charge is 0.127 e. The third-order valence-corrected chi connectivity index (χ3v) is 3.16. The van der Waals surface area contributed by atoms with Gasteiger partial charge in [0.15, 0.2) is 0 Å². The molecule has 0 atom stereocenters. The standard InChI is InChI=1S/C15H19Cl2NO3/c1-3-11-9-13(20-7-5-14(16)17)10-12(4-2)15(11)21-8-6-18-19/h5-6,9-10,19H,3-4,7-8H2,1-2H3. The summed E-state index contributed by atoms with van der Waals surface area (Å²) in [5.74, 6) is 1.57. The molecule has 0 aromatic heterocycles.